The first kappa shape index (κ1) is 15.5. The molecule has 0 bridgehead atoms. The second kappa shape index (κ2) is 7.21. The molecule has 2 rings (SSSR count). The van der Waals surface area contributed by atoms with Crippen molar-refractivity contribution >= 4 is 0 Å². The molecular weight excluding hydrogens is 248 g/mol. The predicted molar refractivity (Wildman–Crippen MR) is 84.2 cm³/mol. The lowest BCUT2D eigenvalue weighted by atomic mass is 10.00. The van der Waals surface area contributed by atoms with Crippen molar-refractivity contribution in [1.29, 1.82) is 0 Å². The summed E-state index contributed by atoms with van der Waals surface area (Å²) < 4.78 is 5.82. The molecule has 112 valence electrons. The number of benzene rings is 1. The van der Waals surface area contributed by atoms with Crippen LogP contribution in [0.25, 0.3) is 0 Å². The lowest BCUT2D eigenvalue weighted by molar-refractivity contribution is -0.0253. The third-order valence-electron chi connectivity index (χ3n) is 4.18. The number of rotatable bonds is 5. The van der Waals surface area contributed by atoms with Gasteiger partial charge in [-0.15, -0.1) is 0 Å². The zero-order valence-corrected chi connectivity index (χ0v) is 13.3. The van der Waals surface area contributed by atoms with E-state index in [1.54, 1.807) is 0 Å². The zero-order valence-electron chi connectivity index (χ0n) is 13.3. The number of hydrogen-bond donors (Lipinski definition) is 1. The highest BCUT2D eigenvalue weighted by Crippen LogP contribution is 2.16. The van der Waals surface area contributed by atoms with Gasteiger partial charge >= 0.3 is 0 Å². The highest BCUT2D eigenvalue weighted by Gasteiger charge is 2.18. The molecular formula is C17H28N2O. The highest BCUT2D eigenvalue weighted by molar-refractivity contribution is 5.37. The summed E-state index contributed by atoms with van der Waals surface area (Å²) in [6.45, 7) is 14.8. The summed E-state index contributed by atoms with van der Waals surface area (Å²) in [4.78, 5) is 2.46. The smallest absolute Gasteiger partial charge is 0.0826 e. The molecule has 1 atom stereocenters. The Labute approximate surface area is 123 Å². The second-order valence-electron chi connectivity index (χ2n) is 5.89. The number of aryl methyl sites for hydroxylation is 3. The number of nitrogens with one attached hydrogen (secondary N) is 1. The number of morpholine rings is 1. The van der Waals surface area contributed by atoms with E-state index in [0.29, 0.717) is 6.10 Å². The molecule has 0 aliphatic carbocycles. The molecule has 3 heteroatoms. The third kappa shape index (κ3) is 4.05. The van der Waals surface area contributed by atoms with Crippen LogP contribution in [-0.4, -0.2) is 43.8 Å². The molecule has 0 saturated carbocycles. The number of likely N-dealkylation sites (N-methyl/N-ethyl adjacent to an activating group) is 1. The molecule has 1 aliphatic rings. The summed E-state index contributed by atoms with van der Waals surface area (Å²) >= 11 is 0. The van der Waals surface area contributed by atoms with Crippen LogP contribution in [0.4, 0.5) is 0 Å². The minimum Gasteiger partial charge on any atom is -0.374 e. The van der Waals surface area contributed by atoms with E-state index in [2.05, 4.69) is 50.0 Å². The predicted octanol–water partition coefficient (Wildman–Crippen LogP) is 2.42. The Hall–Kier alpha value is -0.900. The number of ether oxygens (including phenoxy) is 1. The van der Waals surface area contributed by atoms with Crippen LogP contribution in [0, 0.1) is 20.8 Å². The molecule has 3 nitrogen and oxygen atoms in total. The van der Waals surface area contributed by atoms with Gasteiger partial charge in [-0.1, -0.05) is 24.6 Å². The van der Waals surface area contributed by atoms with Crippen LogP contribution in [0.15, 0.2) is 12.1 Å². The molecule has 1 saturated heterocycles. The van der Waals surface area contributed by atoms with E-state index in [0.717, 1.165) is 39.3 Å². The minimum atomic E-state index is 0.328. The van der Waals surface area contributed by atoms with Gasteiger partial charge in [0, 0.05) is 26.2 Å². The Morgan fingerprint density at radius 3 is 2.60 bits per heavy atom. The van der Waals surface area contributed by atoms with E-state index in [1.165, 1.54) is 22.3 Å². The molecule has 0 aromatic heterocycles. The number of nitrogens with zero attached hydrogens (tertiary/aromatic N) is 1. The summed E-state index contributed by atoms with van der Waals surface area (Å²) in [5.41, 5.74) is 5.54. The van der Waals surface area contributed by atoms with Gasteiger partial charge in [0.1, 0.15) is 0 Å². The van der Waals surface area contributed by atoms with Crippen molar-refractivity contribution in [2.75, 3.05) is 32.8 Å². The van der Waals surface area contributed by atoms with Crippen LogP contribution < -0.4 is 5.32 Å². The molecule has 0 amide bonds. The summed E-state index contributed by atoms with van der Waals surface area (Å²) in [6, 6.07) is 4.53. The van der Waals surface area contributed by atoms with Crippen LogP contribution in [0.5, 0.6) is 0 Å². The average Bonchev–Trinajstić information content (AvgIpc) is 2.42. The van der Waals surface area contributed by atoms with E-state index in [4.69, 9.17) is 4.74 Å². The first-order valence-corrected chi connectivity index (χ1v) is 7.71. The Balaban J connectivity index is 1.84. The van der Waals surface area contributed by atoms with Gasteiger partial charge < -0.3 is 10.1 Å². The van der Waals surface area contributed by atoms with Gasteiger partial charge in [-0.3, -0.25) is 4.90 Å². The summed E-state index contributed by atoms with van der Waals surface area (Å²) in [5.74, 6) is 0. The standard InChI is InChI=1S/C17H28N2O/c1-5-19-6-7-20-16(12-19)10-18-11-17-14(3)8-13(2)9-15(17)4/h8-9,16,18H,5-7,10-12H2,1-4H3. The summed E-state index contributed by atoms with van der Waals surface area (Å²) in [6.07, 6.45) is 0.328. The highest BCUT2D eigenvalue weighted by atomic mass is 16.5. The van der Waals surface area contributed by atoms with Gasteiger partial charge in [0.05, 0.1) is 12.7 Å². The first-order valence-electron chi connectivity index (χ1n) is 7.71. The molecule has 1 aliphatic heterocycles. The van der Waals surface area contributed by atoms with Crippen LogP contribution in [-0.2, 0) is 11.3 Å². The summed E-state index contributed by atoms with van der Waals surface area (Å²) in [5, 5.41) is 3.57. The molecule has 1 unspecified atom stereocenters. The lowest BCUT2D eigenvalue weighted by Gasteiger charge is -2.32. The van der Waals surface area contributed by atoms with Crippen molar-refractivity contribution in [3.63, 3.8) is 0 Å². The van der Waals surface area contributed by atoms with Gasteiger partial charge in [0.15, 0.2) is 0 Å². The SMILES string of the molecule is CCN1CCOC(CNCc2c(C)cc(C)cc2C)C1. The maximum atomic E-state index is 5.82. The fourth-order valence-corrected chi connectivity index (χ4v) is 3.04. The van der Waals surface area contributed by atoms with E-state index < -0.39 is 0 Å². The van der Waals surface area contributed by atoms with Gasteiger partial charge in [-0.25, -0.2) is 0 Å². The van der Waals surface area contributed by atoms with Crippen molar-refractivity contribution in [3.05, 3.63) is 34.4 Å². The van der Waals surface area contributed by atoms with Crippen molar-refractivity contribution in [2.45, 2.75) is 40.3 Å². The molecule has 0 radical (unpaired) electrons. The molecule has 0 spiro atoms. The summed E-state index contributed by atoms with van der Waals surface area (Å²) in [7, 11) is 0. The van der Waals surface area contributed by atoms with Crippen LogP contribution in [0.2, 0.25) is 0 Å². The topological polar surface area (TPSA) is 24.5 Å². The van der Waals surface area contributed by atoms with Crippen molar-refractivity contribution in [1.82, 2.24) is 10.2 Å². The first-order chi connectivity index (χ1) is 9.60. The largest absolute Gasteiger partial charge is 0.374 e. The van der Waals surface area contributed by atoms with Crippen molar-refractivity contribution in [3.8, 4) is 0 Å². The van der Waals surface area contributed by atoms with Gasteiger partial charge in [0.25, 0.3) is 0 Å². The van der Waals surface area contributed by atoms with E-state index in [1.807, 2.05) is 0 Å². The fraction of sp³-hybridized carbons (Fsp3) is 0.647. The zero-order chi connectivity index (χ0) is 14.5. The molecule has 1 aromatic rings. The minimum absolute atomic E-state index is 0.328. The number of hydrogen-bond acceptors (Lipinski definition) is 3. The monoisotopic (exact) mass is 276 g/mol. The molecule has 1 fully saturated rings. The Morgan fingerprint density at radius 2 is 1.95 bits per heavy atom. The Morgan fingerprint density at radius 1 is 1.25 bits per heavy atom. The molecule has 1 aromatic carbocycles. The van der Waals surface area contributed by atoms with Gasteiger partial charge in [0.2, 0.25) is 0 Å². The Bertz CT molecular complexity index is 422. The van der Waals surface area contributed by atoms with Crippen molar-refractivity contribution < 1.29 is 4.74 Å². The fourth-order valence-electron chi connectivity index (χ4n) is 3.04. The molecule has 20 heavy (non-hydrogen) atoms. The average molecular weight is 276 g/mol. The normalized spacial score (nSPS) is 20.3. The Kier molecular flexibility index (Phi) is 5.58. The van der Waals surface area contributed by atoms with E-state index in [-0.39, 0.29) is 0 Å². The maximum Gasteiger partial charge on any atom is 0.0826 e. The quantitative estimate of drug-likeness (QED) is 0.894. The van der Waals surface area contributed by atoms with Crippen LogP contribution in [0.1, 0.15) is 29.2 Å². The van der Waals surface area contributed by atoms with Crippen LogP contribution >= 0.6 is 0 Å². The second-order valence-corrected chi connectivity index (χ2v) is 5.89. The maximum absolute atomic E-state index is 5.82. The van der Waals surface area contributed by atoms with Gasteiger partial charge in [-0.2, -0.15) is 0 Å². The van der Waals surface area contributed by atoms with E-state index in [9.17, 15) is 0 Å². The van der Waals surface area contributed by atoms with E-state index >= 15 is 0 Å². The van der Waals surface area contributed by atoms with Crippen LogP contribution in [0.3, 0.4) is 0 Å². The molecule has 1 heterocycles. The molecule has 1 N–H and O–H groups in total. The van der Waals surface area contributed by atoms with Gasteiger partial charge in [-0.05, 0) is 44.0 Å². The lowest BCUT2D eigenvalue weighted by Crippen LogP contribution is -2.46. The van der Waals surface area contributed by atoms with Crippen molar-refractivity contribution in [2.24, 2.45) is 0 Å². The third-order valence-corrected chi connectivity index (χ3v) is 4.18.